The molecule has 1 aromatic carbocycles. The molecule has 1 rings (SSSR count). The van der Waals surface area contributed by atoms with Crippen molar-refractivity contribution in [3.63, 3.8) is 0 Å². The van der Waals surface area contributed by atoms with Gasteiger partial charge in [-0.05, 0) is 76.8 Å². The van der Waals surface area contributed by atoms with Crippen LogP contribution in [0.3, 0.4) is 0 Å². The number of aliphatic hydroxyl groups is 2. The highest BCUT2D eigenvalue weighted by Gasteiger charge is 2.34. The van der Waals surface area contributed by atoms with Gasteiger partial charge in [0, 0.05) is 32.4 Å². The van der Waals surface area contributed by atoms with Crippen molar-refractivity contribution in [2.24, 2.45) is 17.2 Å². The van der Waals surface area contributed by atoms with Gasteiger partial charge in [-0.3, -0.25) is 54.0 Å². The molecule has 0 bridgehead atoms. The van der Waals surface area contributed by atoms with Crippen molar-refractivity contribution in [1.82, 2.24) is 47.9 Å². The van der Waals surface area contributed by atoms with Crippen LogP contribution in [0.15, 0.2) is 30.3 Å². The SMILES string of the molecule is CCCCCCCCCCCCCCCC(=O)N[C@@H](Cc1ccccc1)C(=O)N[C@@H](CCCNC(=N)N)C(=O)N[C@@H](CO)C(=O)N[C@@H](CO)C(=O)N[C@@H](CCCNC(=N)N)C(=O)N[C@@H](CCC(=O)O)C(=O)N[C@@H](CCCCN)C(C)=O. The lowest BCUT2D eigenvalue weighted by Gasteiger charge is -2.27. The molecule has 26 nitrogen and oxygen atoms in total. The van der Waals surface area contributed by atoms with Crippen LogP contribution in [-0.4, -0.2) is 155 Å². The van der Waals surface area contributed by atoms with Crippen LogP contribution >= 0.6 is 0 Å². The molecule has 458 valence electrons. The number of amides is 7. The number of benzene rings is 1. The molecule has 81 heavy (non-hydrogen) atoms. The first-order valence-electron chi connectivity index (χ1n) is 28.7. The lowest BCUT2D eigenvalue weighted by molar-refractivity contribution is -0.138. The van der Waals surface area contributed by atoms with Gasteiger partial charge >= 0.3 is 5.97 Å². The van der Waals surface area contributed by atoms with Gasteiger partial charge in [0.05, 0.1) is 19.3 Å². The van der Waals surface area contributed by atoms with Gasteiger partial charge in [-0.2, -0.15) is 0 Å². The molecule has 0 aliphatic carbocycles. The smallest absolute Gasteiger partial charge is 0.303 e. The van der Waals surface area contributed by atoms with Crippen LogP contribution in [0.1, 0.15) is 167 Å². The third kappa shape index (κ3) is 34.1. The Labute approximate surface area is 476 Å². The lowest BCUT2D eigenvalue weighted by Crippen LogP contribution is -2.61. The Morgan fingerprint density at radius 2 is 0.852 bits per heavy atom. The largest absolute Gasteiger partial charge is 0.481 e. The van der Waals surface area contributed by atoms with Crippen LogP contribution in [-0.2, 0) is 49.6 Å². The zero-order valence-electron chi connectivity index (χ0n) is 47.7. The molecule has 0 saturated heterocycles. The van der Waals surface area contributed by atoms with E-state index in [2.05, 4.69) is 54.8 Å². The Balaban J connectivity index is 3.24. The van der Waals surface area contributed by atoms with Gasteiger partial charge < -0.3 is 80.4 Å². The second-order valence-corrected chi connectivity index (χ2v) is 20.3. The van der Waals surface area contributed by atoms with Crippen LogP contribution in [0.4, 0.5) is 0 Å². The number of carbonyl (C=O) groups excluding carboxylic acids is 8. The number of carbonyl (C=O) groups is 9. The summed E-state index contributed by atoms with van der Waals surface area (Å²) in [6.07, 6.45) is 15.3. The van der Waals surface area contributed by atoms with Crippen molar-refractivity contribution >= 4 is 65.0 Å². The van der Waals surface area contributed by atoms with Crippen molar-refractivity contribution in [1.29, 1.82) is 10.8 Å². The normalized spacial score (nSPS) is 13.5. The minimum absolute atomic E-state index is 0.0373. The summed E-state index contributed by atoms with van der Waals surface area (Å²) in [5.41, 5.74) is 17.1. The topological polar surface area (TPSA) is 448 Å². The zero-order chi connectivity index (χ0) is 60.4. The van der Waals surface area contributed by atoms with Crippen molar-refractivity contribution < 1.29 is 58.5 Å². The van der Waals surface area contributed by atoms with E-state index in [-0.39, 0.29) is 69.9 Å². The number of nitrogens with two attached hydrogens (primary N) is 3. The molecule has 7 amide bonds. The summed E-state index contributed by atoms with van der Waals surface area (Å²) in [6, 6.07) is -1.19. The molecule has 0 fully saturated rings. The van der Waals surface area contributed by atoms with E-state index in [0.29, 0.717) is 25.8 Å². The number of nitrogens with one attached hydrogen (secondary N) is 11. The van der Waals surface area contributed by atoms with Gasteiger partial charge in [-0.25, -0.2) is 0 Å². The number of guanidine groups is 2. The Bertz CT molecular complexity index is 2090. The van der Waals surface area contributed by atoms with Gasteiger partial charge in [0.25, 0.3) is 0 Å². The summed E-state index contributed by atoms with van der Waals surface area (Å²) in [4.78, 5) is 120. The number of hydrogen-bond acceptors (Lipinski definition) is 14. The highest BCUT2D eigenvalue weighted by Crippen LogP contribution is 2.14. The zero-order valence-corrected chi connectivity index (χ0v) is 47.7. The molecule has 0 saturated carbocycles. The number of aliphatic hydroxyl groups excluding tert-OH is 2. The van der Waals surface area contributed by atoms with Gasteiger partial charge in [0.2, 0.25) is 41.4 Å². The van der Waals surface area contributed by atoms with Gasteiger partial charge in [-0.1, -0.05) is 114 Å². The second-order valence-electron chi connectivity index (χ2n) is 20.3. The first kappa shape index (κ1) is 72.1. The van der Waals surface area contributed by atoms with E-state index >= 15 is 0 Å². The maximum Gasteiger partial charge on any atom is 0.303 e. The summed E-state index contributed by atoms with van der Waals surface area (Å²) in [5.74, 6) is -8.63. The van der Waals surface area contributed by atoms with Gasteiger partial charge in [0.15, 0.2) is 17.7 Å². The number of carboxylic acids is 1. The number of unbranched alkanes of at least 4 members (excludes halogenated alkanes) is 13. The maximum absolute atomic E-state index is 14.1. The molecule has 0 spiro atoms. The number of hydrogen-bond donors (Lipinski definition) is 17. The average molecular weight is 1150 g/mol. The van der Waals surface area contributed by atoms with Crippen molar-refractivity contribution in [3.05, 3.63) is 35.9 Å². The molecular weight excluding hydrogens is 1050 g/mol. The molecule has 0 aromatic heterocycles. The van der Waals surface area contributed by atoms with Crippen molar-refractivity contribution in [2.75, 3.05) is 32.8 Å². The van der Waals surface area contributed by atoms with E-state index < -0.39 is 122 Å². The Morgan fingerprint density at radius 3 is 1.26 bits per heavy atom. The monoisotopic (exact) mass is 1140 g/mol. The summed E-state index contributed by atoms with van der Waals surface area (Å²) in [6.45, 7) is 1.85. The predicted octanol–water partition coefficient (Wildman–Crippen LogP) is 0.198. The minimum Gasteiger partial charge on any atom is -0.481 e. The number of aliphatic carboxylic acids is 1. The summed E-state index contributed by atoms with van der Waals surface area (Å²) in [5, 5.41) is 67.8. The molecule has 0 aliphatic heterocycles. The molecule has 20 N–H and O–H groups in total. The fourth-order valence-electron chi connectivity index (χ4n) is 8.65. The Kier molecular flexibility index (Phi) is 39.0. The van der Waals surface area contributed by atoms with Crippen LogP contribution in [0.5, 0.6) is 0 Å². The van der Waals surface area contributed by atoms with Crippen LogP contribution in [0.2, 0.25) is 0 Å². The van der Waals surface area contributed by atoms with Gasteiger partial charge in [0.1, 0.15) is 36.3 Å². The van der Waals surface area contributed by atoms with Gasteiger partial charge in [-0.15, -0.1) is 0 Å². The number of ketones is 1. The standard InChI is InChI=1S/C55H96N14O12/c1-3-4-5-6-7-8-9-10-11-12-13-14-18-28-46(73)63-43(34-38-23-16-15-17-24-38)51(79)65-41(27-22-33-62-55(59)60)49(77)68-45(36-71)53(81)69-44(35-70)52(80)66-40(26-21-32-61-54(57)58)48(76)67-42(29-30-47(74)75)50(78)64-39(37(2)72)25-19-20-31-56/h15-17,23-24,39-45,70-71H,3-14,18-22,25-36,56H2,1-2H3,(H,63,73)(H,64,78)(H,65,79)(H,66,80)(H,67,76)(H,68,77)(H,69,81)(H,74,75)(H4,57,58,61)(H4,59,60,62)/t39-,40-,41-,42-,43-,44-,45-/m0/s1. The van der Waals surface area contributed by atoms with E-state index in [0.717, 1.165) is 31.2 Å². The third-order valence-electron chi connectivity index (χ3n) is 13.3. The summed E-state index contributed by atoms with van der Waals surface area (Å²) >= 11 is 0. The predicted molar refractivity (Wildman–Crippen MR) is 307 cm³/mol. The Hall–Kier alpha value is -6.93. The van der Waals surface area contributed by atoms with E-state index in [1.54, 1.807) is 30.3 Å². The molecular formula is C55H96N14O12. The van der Waals surface area contributed by atoms with E-state index in [1.807, 2.05) is 0 Å². The number of rotatable bonds is 47. The number of carboxylic acid groups (broad SMARTS) is 1. The van der Waals surface area contributed by atoms with Crippen molar-refractivity contribution in [3.8, 4) is 0 Å². The third-order valence-corrected chi connectivity index (χ3v) is 13.3. The molecule has 1 aromatic rings. The molecule has 26 heteroatoms. The van der Waals surface area contributed by atoms with E-state index in [4.69, 9.17) is 28.0 Å². The molecule has 0 aliphatic rings. The molecule has 7 atom stereocenters. The highest BCUT2D eigenvalue weighted by atomic mass is 16.4. The quantitative estimate of drug-likeness (QED) is 0.0235. The maximum atomic E-state index is 14.1. The average Bonchev–Trinajstić information content (AvgIpc) is 3.44. The minimum atomic E-state index is -1.82. The fraction of sp³-hybridized carbons (Fsp3) is 0.691. The lowest BCUT2D eigenvalue weighted by atomic mass is 10.0. The van der Waals surface area contributed by atoms with E-state index in [9.17, 15) is 58.5 Å². The number of Topliss-reactive ketones (excluding diaryl/α,β-unsaturated/α-hetero) is 1. The molecule has 0 radical (unpaired) electrons. The van der Waals surface area contributed by atoms with Crippen LogP contribution in [0, 0.1) is 10.8 Å². The van der Waals surface area contributed by atoms with Crippen LogP contribution in [0.25, 0.3) is 0 Å². The second kappa shape index (κ2) is 43.8. The summed E-state index contributed by atoms with van der Waals surface area (Å²) in [7, 11) is 0. The molecule has 0 unspecified atom stereocenters. The Morgan fingerprint density at radius 1 is 0.469 bits per heavy atom. The fourth-order valence-corrected chi connectivity index (χ4v) is 8.65. The first-order valence-corrected chi connectivity index (χ1v) is 28.7. The highest BCUT2D eigenvalue weighted by molar-refractivity contribution is 5.98. The first-order chi connectivity index (χ1) is 38.8. The summed E-state index contributed by atoms with van der Waals surface area (Å²) < 4.78 is 0. The molecule has 0 heterocycles. The van der Waals surface area contributed by atoms with Crippen LogP contribution < -0.4 is 65.1 Å². The van der Waals surface area contributed by atoms with E-state index in [1.165, 1.54) is 58.3 Å². The van der Waals surface area contributed by atoms with Crippen molar-refractivity contribution in [2.45, 2.75) is 210 Å².